The Balaban J connectivity index is 1.71. The van der Waals surface area contributed by atoms with Crippen LogP contribution in [0.15, 0.2) is 52.0 Å². The Morgan fingerprint density at radius 1 is 1.21 bits per heavy atom. The number of nitrogens with one attached hydrogen (secondary N) is 2. The Morgan fingerprint density at radius 3 is 2.54 bits per heavy atom. The number of rotatable bonds is 3. The number of carbonyl (C=O) groups excluding carboxylic acids is 1. The maximum atomic E-state index is 12.3. The third-order valence-corrected chi connectivity index (χ3v) is 5.20. The van der Waals surface area contributed by atoms with Crippen LogP contribution in [-0.4, -0.2) is 16.6 Å². The summed E-state index contributed by atoms with van der Waals surface area (Å²) < 4.78 is 2.13. The van der Waals surface area contributed by atoms with Crippen molar-refractivity contribution >= 4 is 27.6 Å². The third-order valence-electron chi connectivity index (χ3n) is 4.63. The number of hydrogen-bond acceptors (Lipinski definition) is 2. The first kappa shape index (κ1) is 16.8. The molecule has 2 atom stereocenters. The monoisotopic (exact) mass is 389 g/mol. The standard InChI is InChI=1S/C18H20BrN3O2/c1-18(2)14(11-7-5-4-6-8-11)16(18)21-17(24)20-13-10-22(3)9-12(19)15(13)23/h4-10,14,16H,1-3H3,(H2,20,21,24)/t14-,16-/m1/s1. The van der Waals surface area contributed by atoms with Crippen LogP contribution in [0.2, 0.25) is 0 Å². The summed E-state index contributed by atoms with van der Waals surface area (Å²) in [5.74, 6) is 0.273. The highest BCUT2D eigenvalue weighted by Crippen LogP contribution is 2.58. The Kier molecular flexibility index (Phi) is 4.25. The van der Waals surface area contributed by atoms with Crippen LogP contribution in [0.25, 0.3) is 0 Å². The van der Waals surface area contributed by atoms with Gasteiger partial charge in [0.15, 0.2) is 0 Å². The summed E-state index contributed by atoms with van der Waals surface area (Å²) in [6.45, 7) is 4.27. The topological polar surface area (TPSA) is 63.1 Å². The molecule has 3 rings (SSSR count). The second-order valence-corrected chi connectivity index (χ2v) is 7.65. The smallest absolute Gasteiger partial charge is 0.319 e. The molecule has 0 aliphatic heterocycles. The SMILES string of the molecule is Cn1cc(Br)c(=O)c(NC(=O)N[C@@H]2[C@@H](c3ccccc3)C2(C)C)c1. The van der Waals surface area contributed by atoms with Gasteiger partial charge in [0.1, 0.15) is 5.69 Å². The fraction of sp³-hybridized carbons (Fsp3) is 0.333. The molecule has 0 radical (unpaired) electrons. The molecule has 2 N–H and O–H groups in total. The van der Waals surface area contributed by atoms with E-state index in [9.17, 15) is 9.59 Å². The fourth-order valence-corrected chi connectivity index (χ4v) is 3.78. The minimum absolute atomic E-state index is 0.0130. The van der Waals surface area contributed by atoms with E-state index in [1.54, 1.807) is 24.0 Å². The lowest BCUT2D eigenvalue weighted by molar-refractivity contribution is 0.250. The highest BCUT2D eigenvalue weighted by atomic mass is 79.9. The summed E-state index contributed by atoms with van der Waals surface area (Å²) >= 11 is 3.20. The molecule has 0 bridgehead atoms. The molecule has 0 saturated heterocycles. The van der Waals surface area contributed by atoms with Crippen LogP contribution in [0.4, 0.5) is 10.5 Å². The van der Waals surface area contributed by atoms with E-state index < -0.39 is 0 Å². The zero-order valence-corrected chi connectivity index (χ0v) is 15.4. The maximum Gasteiger partial charge on any atom is 0.319 e. The molecule has 0 spiro atoms. The van der Waals surface area contributed by atoms with Gasteiger partial charge in [-0.3, -0.25) is 4.79 Å². The molecule has 2 amide bonds. The second-order valence-electron chi connectivity index (χ2n) is 6.80. The first-order chi connectivity index (χ1) is 11.3. The van der Waals surface area contributed by atoms with Gasteiger partial charge in [0.2, 0.25) is 5.43 Å². The minimum atomic E-state index is -0.360. The lowest BCUT2D eigenvalue weighted by Gasteiger charge is -2.10. The van der Waals surface area contributed by atoms with Crippen LogP contribution in [0.1, 0.15) is 25.3 Å². The highest BCUT2D eigenvalue weighted by molar-refractivity contribution is 9.10. The average Bonchev–Trinajstić information content (AvgIpc) is 3.05. The van der Waals surface area contributed by atoms with Crippen LogP contribution < -0.4 is 16.1 Å². The summed E-state index contributed by atoms with van der Waals surface area (Å²) in [6, 6.07) is 9.83. The van der Waals surface area contributed by atoms with Crippen LogP contribution in [0.5, 0.6) is 0 Å². The number of halogens is 1. The van der Waals surface area contributed by atoms with Gasteiger partial charge in [0, 0.05) is 31.4 Å². The number of hydrogen-bond donors (Lipinski definition) is 2. The predicted octanol–water partition coefficient (Wildman–Crippen LogP) is 3.46. The van der Waals surface area contributed by atoms with Gasteiger partial charge in [-0.05, 0) is 26.9 Å². The van der Waals surface area contributed by atoms with E-state index in [4.69, 9.17) is 0 Å². The van der Waals surface area contributed by atoms with Gasteiger partial charge in [-0.2, -0.15) is 0 Å². The Hall–Kier alpha value is -2.08. The van der Waals surface area contributed by atoms with Crippen molar-refractivity contribution in [2.75, 3.05) is 5.32 Å². The Bertz CT molecular complexity index is 830. The average molecular weight is 390 g/mol. The van der Waals surface area contributed by atoms with Gasteiger partial charge in [0.05, 0.1) is 4.47 Å². The Labute approximate surface area is 149 Å². The molecule has 126 valence electrons. The molecule has 0 unspecified atom stereocenters. The number of anilines is 1. The lowest BCUT2D eigenvalue weighted by atomic mass is 10.0. The van der Waals surface area contributed by atoms with Crippen molar-refractivity contribution in [2.45, 2.75) is 25.8 Å². The molecule has 1 aliphatic carbocycles. The predicted molar refractivity (Wildman–Crippen MR) is 98.3 cm³/mol. The van der Waals surface area contributed by atoms with E-state index in [1.165, 1.54) is 5.56 Å². The van der Waals surface area contributed by atoms with Crippen LogP contribution in [0, 0.1) is 5.41 Å². The van der Waals surface area contributed by atoms with Crippen LogP contribution in [-0.2, 0) is 7.05 Å². The zero-order valence-electron chi connectivity index (χ0n) is 13.8. The van der Waals surface area contributed by atoms with E-state index in [0.717, 1.165) is 0 Å². The van der Waals surface area contributed by atoms with Gasteiger partial charge in [-0.1, -0.05) is 44.2 Å². The first-order valence-electron chi connectivity index (χ1n) is 7.79. The molecular formula is C18H20BrN3O2. The third kappa shape index (κ3) is 3.11. The van der Waals surface area contributed by atoms with E-state index in [-0.39, 0.29) is 34.5 Å². The second kappa shape index (κ2) is 6.09. The summed E-state index contributed by atoms with van der Waals surface area (Å²) in [5.41, 5.74) is 1.21. The normalized spacial score (nSPS) is 21.2. The number of pyridine rings is 1. The van der Waals surface area contributed by atoms with E-state index >= 15 is 0 Å². The van der Waals surface area contributed by atoms with Gasteiger partial charge in [0.25, 0.3) is 0 Å². The molecule has 1 fully saturated rings. The van der Waals surface area contributed by atoms with Gasteiger partial charge in [-0.25, -0.2) is 4.79 Å². The van der Waals surface area contributed by atoms with E-state index in [2.05, 4.69) is 52.5 Å². The molecule has 5 nitrogen and oxygen atoms in total. The van der Waals surface area contributed by atoms with E-state index in [0.29, 0.717) is 4.47 Å². The molecule has 1 heterocycles. The van der Waals surface area contributed by atoms with Crippen molar-refractivity contribution in [1.29, 1.82) is 0 Å². The fourth-order valence-electron chi connectivity index (χ4n) is 3.24. The van der Waals surface area contributed by atoms with Gasteiger partial charge in [-0.15, -0.1) is 0 Å². The largest absolute Gasteiger partial charge is 0.354 e. The molecule has 1 aliphatic rings. The van der Waals surface area contributed by atoms with Gasteiger partial charge >= 0.3 is 6.03 Å². The molecule has 1 aromatic carbocycles. The number of benzene rings is 1. The number of carbonyl (C=O) groups is 1. The van der Waals surface area contributed by atoms with Gasteiger partial charge < -0.3 is 15.2 Å². The molecule has 24 heavy (non-hydrogen) atoms. The highest BCUT2D eigenvalue weighted by Gasteiger charge is 2.59. The molecule has 6 heteroatoms. The molecule has 1 aromatic heterocycles. The van der Waals surface area contributed by atoms with Crippen molar-refractivity contribution in [1.82, 2.24) is 9.88 Å². The molecular weight excluding hydrogens is 370 g/mol. The maximum absolute atomic E-state index is 12.3. The van der Waals surface area contributed by atoms with Crippen molar-refractivity contribution in [2.24, 2.45) is 12.5 Å². The number of nitrogens with zero attached hydrogens (tertiary/aromatic N) is 1. The summed E-state index contributed by atoms with van der Waals surface area (Å²) in [4.78, 5) is 24.4. The summed E-state index contributed by atoms with van der Waals surface area (Å²) in [6.07, 6.45) is 3.25. The van der Waals surface area contributed by atoms with Crippen LogP contribution >= 0.6 is 15.9 Å². The quantitative estimate of drug-likeness (QED) is 0.843. The van der Waals surface area contributed by atoms with Crippen molar-refractivity contribution in [3.8, 4) is 0 Å². The summed E-state index contributed by atoms with van der Waals surface area (Å²) in [7, 11) is 1.79. The first-order valence-corrected chi connectivity index (χ1v) is 8.58. The number of aromatic nitrogens is 1. The molecule has 1 saturated carbocycles. The minimum Gasteiger partial charge on any atom is -0.354 e. The lowest BCUT2D eigenvalue weighted by Crippen LogP contribution is -2.34. The van der Waals surface area contributed by atoms with E-state index in [1.807, 2.05) is 18.2 Å². The van der Waals surface area contributed by atoms with Crippen molar-refractivity contribution < 1.29 is 4.79 Å². The molecule has 2 aromatic rings. The number of urea groups is 1. The number of aryl methyl sites for hydroxylation is 1. The zero-order chi connectivity index (χ0) is 17.5. The van der Waals surface area contributed by atoms with Crippen molar-refractivity contribution in [3.05, 3.63) is 63.0 Å². The number of amides is 2. The Morgan fingerprint density at radius 2 is 1.88 bits per heavy atom. The van der Waals surface area contributed by atoms with Crippen molar-refractivity contribution in [3.63, 3.8) is 0 Å². The summed E-state index contributed by atoms with van der Waals surface area (Å²) in [5, 5.41) is 5.65. The van der Waals surface area contributed by atoms with Crippen LogP contribution in [0.3, 0.4) is 0 Å².